The number of methoxy groups -OCH3 is 1. The quantitative estimate of drug-likeness (QED) is 0.855. The normalized spacial score (nSPS) is 10.4. The third-order valence-corrected chi connectivity index (χ3v) is 3.00. The van der Waals surface area contributed by atoms with E-state index < -0.39 is 0 Å². The zero-order valence-corrected chi connectivity index (χ0v) is 12.2. The number of nitrogens with two attached hydrogens (primary N) is 1. The zero-order valence-electron chi connectivity index (χ0n) is 12.2. The Kier molecular flexibility index (Phi) is 4.92. The van der Waals surface area contributed by atoms with Crippen LogP contribution in [0.5, 0.6) is 5.88 Å². The minimum atomic E-state index is -0.257. The van der Waals surface area contributed by atoms with Crippen LogP contribution in [0.1, 0.15) is 24.7 Å². The zero-order chi connectivity index (χ0) is 15.2. The summed E-state index contributed by atoms with van der Waals surface area (Å²) in [5, 5.41) is 3.14. The molecule has 112 valence electrons. The smallest absolute Gasteiger partial charge is 0.242 e. The topological polar surface area (TPSA) is 73.1 Å². The molecule has 0 saturated heterocycles. The number of nitrogen functional groups attached to an aromatic ring is 1. The number of halogens is 1. The van der Waals surface area contributed by atoms with Gasteiger partial charge in [0.15, 0.2) is 5.82 Å². The van der Waals surface area contributed by atoms with Crippen molar-refractivity contribution in [2.45, 2.75) is 26.3 Å². The van der Waals surface area contributed by atoms with E-state index in [2.05, 4.69) is 22.2 Å². The molecule has 0 bridgehead atoms. The average Bonchev–Trinajstić information content (AvgIpc) is 2.49. The molecule has 1 aromatic carbocycles. The highest BCUT2D eigenvalue weighted by Crippen LogP contribution is 2.26. The van der Waals surface area contributed by atoms with Crippen molar-refractivity contribution in [1.82, 2.24) is 9.97 Å². The Balaban J connectivity index is 2.17. The van der Waals surface area contributed by atoms with E-state index in [4.69, 9.17) is 10.5 Å². The Labute approximate surface area is 123 Å². The first-order valence-corrected chi connectivity index (χ1v) is 6.82. The van der Waals surface area contributed by atoms with Crippen molar-refractivity contribution in [1.29, 1.82) is 0 Å². The van der Waals surface area contributed by atoms with E-state index in [0.29, 0.717) is 29.8 Å². The Hall–Kier alpha value is -2.37. The van der Waals surface area contributed by atoms with Gasteiger partial charge < -0.3 is 15.8 Å². The fraction of sp³-hybridized carbons (Fsp3) is 0.333. The van der Waals surface area contributed by atoms with Crippen LogP contribution in [-0.4, -0.2) is 17.1 Å². The summed E-state index contributed by atoms with van der Waals surface area (Å²) in [7, 11) is 1.53. The molecule has 1 aromatic heterocycles. The number of hydrogen-bond acceptors (Lipinski definition) is 5. The Morgan fingerprint density at radius 2 is 1.95 bits per heavy atom. The third kappa shape index (κ3) is 3.81. The van der Waals surface area contributed by atoms with Crippen molar-refractivity contribution in [2.24, 2.45) is 0 Å². The SMILES string of the molecule is CCCc1nc(NCc2ccc(F)cc2)c(N)c(OC)n1. The summed E-state index contributed by atoms with van der Waals surface area (Å²) in [5.74, 6) is 1.34. The predicted octanol–water partition coefficient (Wildman–Crippen LogP) is 2.77. The van der Waals surface area contributed by atoms with Crippen LogP contribution < -0.4 is 15.8 Å². The first kappa shape index (κ1) is 15.0. The molecule has 6 heteroatoms. The maximum absolute atomic E-state index is 12.9. The van der Waals surface area contributed by atoms with Crippen LogP contribution in [0.4, 0.5) is 15.9 Å². The number of ether oxygens (including phenoxy) is 1. The molecule has 0 aliphatic rings. The van der Waals surface area contributed by atoms with Gasteiger partial charge in [0.1, 0.15) is 17.3 Å². The van der Waals surface area contributed by atoms with Gasteiger partial charge in [-0.05, 0) is 24.1 Å². The minimum absolute atomic E-state index is 0.257. The van der Waals surface area contributed by atoms with Crippen molar-refractivity contribution in [2.75, 3.05) is 18.2 Å². The van der Waals surface area contributed by atoms with Gasteiger partial charge in [0, 0.05) is 13.0 Å². The molecule has 0 amide bonds. The molecule has 0 aliphatic carbocycles. The molecule has 0 fully saturated rings. The lowest BCUT2D eigenvalue weighted by atomic mass is 10.2. The van der Waals surface area contributed by atoms with Crippen LogP contribution >= 0.6 is 0 Å². The van der Waals surface area contributed by atoms with Crippen LogP contribution in [0, 0.1) is 5.82 Å². The number of aryl methyl sites for hydroxylation is 1. The highest BCUT2D eigenvalue weighted by Gasteiger charge is 2.11. The second kappa shape index (κ2) is 6.88. The highest BCUT2D eigenvalue weighted by molar-refractivity contribution is 5.67. The summed E-state index contributed by atoms with van der Waals surface area (Å²) in [6.07, 6.45) is 1.69. The van der Waals surface area contributed by atoms with Crippen LogP contribution in [0.3, 0.4) is 0 Å². The summed E-state index contributed by atoms with van der Waals surface area (Å²) in [5.41, 5.74) is 7.28. The third-order valence-electron chi connectivity index (χ3n) is 3.00. The van der Waals surface area contributed by atoms with Gasteiger partial charge in [0.25, 0.3) is 0 Å². The van der Waals surface area contributed by atoms with Crippen LogP contribution in [-0.2, 0) is 13.0 Å². The summed E-state index contributed by atoms with van der Waals surface area (Å²) in [4.78, 5) is 8.66. The van der Waals surface area contributed by atoms with Gasteiger partial charge in [0.2, 0.25) is 5.88 Å². The molecule has 21 heavy (non-hydrogen) atoms. The molecule has 5 nitrogen and oxygen atoms in total. The molecule has 2 aromatic rings. The van der Waals surface area contributed by atoms with E-state index in [-0.39, 0.29) is 5.82 Å². The summed E-state index contributed by atoms with van der Waals surface area (Å²) >= 11 is 0. The van der Waals surface area contributed by atoms with Crippen LogP contribution in [0.2, 0.25) is 0 Å². The molecule has 0 aliphatic heterocycles. The molecule has 1 heterocycles. The highest BCUT2D eigenvalue weighted by atomic mass is 19.1. The predicted molar refractivity (Wildman–Crippen MR) is 80.7 cm³/mol. The lowest BCUT2D eigenvalue weighted by Gasteiger charge is -2.12. The average molecular weight is 290 g/mol. The van der Waals surface area contributed by atoms with E-state index in [1.807, 2.05) is 0 Å². The Morgan fingerprint density at radius 3 is 2.57 bits per heavy atom. The fourth-order valence-corrected chi connectivity index (χ4v) is 1.91. The van der Waals surface area contributed by atoms with E-state index >= 15 is 0 Å². The van der Waals surface area contributed by atoms with Gasteiger partial charge in [-0.3, -0.25) is 0 Å². The molecule has 0 radical (unpaired) electrons. The fourth-order valence-electron chi connectivity index (χ4n) is 1.91. The lowest BCUT2D eigenvalue weighted by Crippen LogP contribution is -2.10. The number of rotatable bonds is 6. The second-order valence-electron chi connectivity index (χ2n) is 4.64. The van der Waals surface area contributed by atoms with E-state index in [9.17, 15) is 4.39 Å². The van der Waals surface area contributed by atoms with Crippen LogP contribution in [0.25, 0.3) is 0 Å². The van der Waals surface area contributed by atoms with Crippen molar-refractivity contribution in [3.05, 3.63) is 41.5 Å². The van der Waals surface area contributed by atoms with E-state index in [0.717, 1.165) is 18.4 Å². The number of benzene rings is 1. The maximum atomic E-state index is 12.9. The standard InChI is InChI=1S/C15H19FN4O/c1-3-4-12-19-14(13(17)15(20-12)21-2)18-9-10-5-7-11(16)8-6-10/h5-8H,3-4,9,17H2,1-2H3,(H,18,19,20). The first-order valence-electron chi connectivity index (χ1n) is 6.82. The van der Waals surface area contributed by atoms with Gasteiger partial charge in [0.05, 0.1) is 7.11 Å². The molecule has 0 saturated carbocycles. The first-order chi connectivity index (χ1) is 10.1. The number of nitrogens with one attached hydrogen (secondary N) is 1. The summed E-state index contributed by atoms with van der Waals surface area (Å²) in [6, 6.07) is 6.26. The van der Waals surface area contributed by atoms with Crippen molar-refractivity contribution in [3.8, 4) is 5.88 Å². The molecular weight excluding hydrogens is 271 g/mol. The van der Waals surface area contributed by atoms with Crippen LogP contribution in [0.15, 0.2) is 24.3 Å². The molecule has 0 atom stereocenters. The van der Waals surface area contributed by atoms with Crippen molar-refractivity contribution in [3.63, 3.8) is 0 Å². The maximum Gasteiger partial charge on any atom is 0.242 e. The second-order valence-corrected chi connectivity index (χ2v) is 4.64. The monoisotopic (exact) mass is 290 g/mol. The molecule has 2 rings (SSSR count). The summed E-state index contributed by atoms with van der Waals surface area (Å²) in [6.45, 7) is 2.55. The molecule has 0 unspecified atom stereocenters. The van der Waals surface area contributed by atoms with Gasteiger partial charge in [-0.15, -0.1) is 0 Å². The van der Waals surface area contributed by atoms with Gasteiger partial charge in [-0.25, -0.2) is 9.37 Å². The van der Waals surface area contributed by atoms with Gasteiger partial charge >= 0.3 is 0 Å². The van der Waals surface area contributed by atoms with E-state index in [1.165, 1.54) is 19.2 Å². The minimum Gasteiger partial charge on any atom is -0.479 e. The van der Waals surface area contributed by atoms with Crippen molar-refractivity contribution < 1.29 is 9.13 Å². The van der Waals surface area contributed by atoms with Gasteiger partial charge in [-0.2, -0.15) is 4.98 Å². The van der Waals surface area contributed by atoms with E-state index in [1.54, 1.807) is 12.1 Å². The van der Waals surface area contributed by atoms with Gasteiger partial charge in [-0.1, -0.05) is 19.1 Å². The van der Waals surface area contributed by atoms with Crippen molar-refractivity contribution >= 4 is 11.5 Å². The Morgan fingerprint density at radius 1 is 1.24 bits per heavy atom. The lowest BCUT2D eigenvalue weighted by molar-refractivity contribution is 0.397. The largest absolute Gasteiger partial charge is 0.479 e. The molecular formula is C15H19FN4O. The Bertz CT molecular complexity index is 601. The molecule has 3 N–H and O–H groups in total. The number of nitrogens with zero attached hydrogens (tertiary/aromatic N) is 2. The number of anilines is 2. The molecule has 0 spiro atoms. The number of aromatic nitrogens is 2. The summed E-state index contributed by atoms with van der Waals surface area (Å²) < 4.78 is 18.0. The number of hydrogen-bond donors (Lipinski definition) is 2.